The van der Waals surface area contributed by atoms with E-state index in [1.165, 1.54) is 12.1 Å². The van der Waals surface area contributed by atoms with Gasteiger partial charge in [-0.2, -0.15) is 4.72 Å². The second-order valence-corrected chi connectivity index (χ2v) is 8.80. The summed E-state index contributed by atoms with van der Waals surface area (Å²) in [5.41, 5.74) is -0.683. The van der Waals surface area contributed by atoms with Crippen molar-refractivity contribution in [1.29, 1.82) is 0 Å². The number of nitro benzene ring substituents is 1. The summed E-state index contributed by atoms with van der Waals surface area (Å²) in [5.74, 6) is -0.765. The number of sulfonamides is 1. The fraction of sp³-hybridized carbons (Fsp3) is 0.316. The molecule has 8 nitrogen and oxygen atoms in total. The number of rotatable bonds is 7. The van der Waals surface area contributed by atoms with Crippen molar-refractivity contribution in [3.05, 3.63) is 70.3 Å². The van der Waals surface area contributed by atoms with Crippen molar-refractivity contribution in [3.8, 4) is 0 Å². The van der Waals surface area contributed by atoms with Crippen LogP contribution in [0.1, 0.15) is 26.3 Å². The normalized spacial score (nSPS) is 13.0. The number of carbonyl (C=O) groups is 1. The molecule has 0 bridgehead atoms. The molecule has 0 aliphatic rings. The molecule has 0 fully saturated rings. The van der Waals surface area contributed by atoms with Gasteiger partial charge in [-0.1, -0.05) is 42.5 Å². The Bertz CT molecular complexity index is 952. The van der Waals surface area contributed by atoms with E-state index in [1.807, 2.05) is 0 Å². The minimum absolute atomic E-state index is 0.0373. The Balaban J connectivity index is 2.38. The van der Waals surface area contributed by atoms with E-state index in [4.69, 9.17) is 4.74 Å². The molecule has 2 aromatic carbocycles. The minimum Gasteiger partial charge on any atom is -0.459 e. The molecule has 0 amide bonds. The molecule has 150 valence electrons. The van der Waals surface area contributed by atoms with Crippen molar-refractivity contribution >= 4 is 21.7 Å². The summed E-state index contributed by atoms with van der Waals surface area (Å²) in [6, 6.07) is 12.5. The van der Waals surface area contributed by atoms with Gasteiger partial charge in [0.2, 0.25) is 10.0 Å². The quantitative estimate of drug-likeness (QED) is 0.429. The molecule has 0 saturated heterocycles. The average molecular weight is 406 g/mol. The van der Waals surface area contributed by atoms with Gasteiger partial charge in [-0.05, 0) is 38.8 Å². The average Bonchev–Trinajstić information content (AvgIpc) is 2.60. The van der Waals surface area contributed by atoms with E-state index < -0.39 is 43.1 Å². The third-order valence-electron chi connectivity index (χ3n) is 3.62. The maximum atomic E-state index is 12.8. The highest BCUT2D eigenvalue weighted by Gasteiger charge is 2.33. The fourth-order valence-corrected chi connectivity index (χ4v) is 3.84. The van der Waals surface area contributed by atoms with Crippen molar-refractivity contribution in [2.45, 2.75) is 43.7 Å². The highest BCUT2D eigenvalue weighted by molar-refractivity contribution is 7.89. The maximum Gasteiger partial charge on any atom is 0.325 e. The molecule has 0 heterocycles. The molecule has 1 N–H and O–H groups in total. The highest BCUT2D eigenvalue weighted by atomic mass is 32.2. The summed E-state index contributed by atoms with van der Waals surface area (Å²) >= 11 is 0. The molecular formula is C19H22N2O6S. The topological polar surface area (TPSA) is 116 Å². The van der Waals surface area contributed by atoms with Gasteiger partial charge in [0.25, 0.3) is 5.69 Å². The Morgan fingerprint density at radius 2 is 1.68 bits per heavy atom. The van der Waals surface area contributed by atoms with Crippen LogP contribution in [0.15, 0.2) is 59.5 Å². The van der Waals surface area contributed by atoms with Crippen molar-refractivity contribution in [1.82, 2.24) is 4.72 Å². The van der Waals surface area contributed by atoms with Crippen LogP contribution >= 0.6 is 0 Å². The first-order chi connectivity index (χ1) is 13.0. The van der Waals surface area contributed by atoms with Crippen LogP contribution in [-0.4, -0.2) is 31.0 Å². The van der Waals surface area contributed by atoms with Gasteiger partial charge in [0.05, 0.1) is 4.92 Å². The molecule has 0 spiro atoms. The molecular weight excluding hydrogens is 384 g/mol. The second-order valence-electron chi connectivity index (χ2n) is 7.12. The van der Waals surface area contributed by atoms with Gasteiger partial charge < -0.3 is 4.74 Å². The van der Waals surface area contributed by atoms with Crippen LogP contribution in [0.2, 0.25) is 0 Å². The molecule has 0 aromatic heterocycles. The SMILES string of the molecule is CC(C)(C)OC(=O)[C@H](Cc1ccccc1)NS(=O)(=O)c1ccccc1[N+](=O)[O-]. The number of hydrogen-bond acceptors (Lipinski definition) is 6. The Hall–Kier alpha value is -2.78. The van der Waals surface area contributed by atoms with E-state index in [1.54, 1.807) is 51.1 Å². The highest BCUT2D eigenvalue weighted by Crippen LogP contribution is 2.23. The maximum absolute atomic E-state index is 12.8. The first-order valence-corrected chi connectivity index (χ1v) is 10.0. The van der Waals surface area contributed by atoms with E-state index in [-0.39, 0.29) is 6.42 Å². The van der Waals surface area contributed by atoms with Crippen LogP contribution in [-0.2, 0) is 26.0 Å². The summed E-state index contributed by atoms with van der Waals surface area (Å²) < 4.78 is 33.2. The molecule has 2 rings (SSSR count). The third kappa shape index (κ3) is 5.86. The standard InChI is InChI=1S/C19H22N2O6S/c1-19(2,3)27-18(22)15(13-14-9-5-4-6-10-14)20-28(25,26)17-12-8-7-11-16(17)21(23)24/h4-12,15,20H,13H2,1-3H3/t15-/m0/s1. The van der Waals surface area contributed by atoms with E-state index in [9.17, 15) is 23.3 Å². The number of ether oxygens (including phenoxy) is 1. The monoisotopic (exact) mass is 406 g/mol. The van der Waals surface area contributed by atoms with Crippen LogP contribution in [0.3, 0.4) is 0 Å². The first-order valence-electron chi connectivity index (χ1n) is 8.52. The zero-order chi connectivity index (χ0) is 20.9. The molecule has 0 unspecified atom stereocenters. The lowest BCUT2D eigenvalue weighted by Crippen LogP contribution is -2.45. The van der Waals surface area contributed by atoms with E-state index in [0.29, 0.717) is 5.56 Å². The van der Waals surface area contributed by atoms with Crippen molar-refractivity contribution in [2.75, 3.05) is 0 Å². The lowest BCUT2D eigenvalue weighted by atomic mass is 10.1. The van der Waals surface area contributed by atoms with Crippen LogP contribution < -0.4 is 4.72 Å². The zero-order valence-corrected chi connectivity index (χ0v) is 16.6. The molecule has 0 aliphatic carbocycles. The second kappa shape index (κ2) is 8.49. The lowest BCUT2D eigenvalue weighted by molar-refractivity contribution is -0.387. The summed E-state index contributed by atoms with van der Waals surface area (Å²) in [5, 5.41) is 11.2. The van der Waals surface area contributed by atoms with Gasteiger partial charge in [0.15, 0.2) is 4.90 Å². The Labute approximate surface area is 163 Å². The number of carbonyl (C=O) groups excluding carboxylic acids is 1. The summed E-state index contributed by atoms with van der Waals surface area (Å²) in [6.07, 6.45) is 0.0373. The van der Waals surface area contributed by atoms with Gasteiger partial charge >= 0.3 is 5.97 Å². The van der Waals surface area contributed by atoms with Crippen molar-refractivity contribution in [3.63, 3.8) is 0 Å². The molecule has 0 saturated carbocycles. The zero-order valence-electron chi connectivity index (χ0n) is 15.8. The molecule has 9 heteroatoms. The number of hydrogen-bond donors (Lipinski definition) is 1. The predicted molar refractivity (Wildman–Crippen MR) is 103 cm³/mol. The molecule has 1 atom stereocenters. The van der Waals surface area contributed by atoms with Gasteiger partial charge in [-0.3, -0.25) is 14.9 Å². The van der Waals surface area contributed by atoms with Crippen molar-refractivity contribution < 1.29 is 22.9 Å². The van der Waals surface area contributed by atoms with Crippen molar-refractivity contribution in [2.24, 2.45) is 0 Å². The molecule has 2 aromatic rings. The van der Waals surface area contributed by atoms with E-state index >= 15 is 0 Å². The molecule has 28 heavy (non-hydrogen) atoms. The Morgan fingerprint density at radius 1 is 1.11 bits per heavy atom. The molecule has 0 aliphatic heterocycles. The van der Waals surface area contributed by atoms with Gasteiger partial charge in [0, 0.05) is 6.07 Å². The Kier molecular flexibility index (Phi) is 6.52. The van der Waals surface area contributed by atoms with E-state index in [0.717, 1.165) is 12.1 Å². The number of para-hydroxylation sites is 1. The predicted octanol–water partition coefficient (Wildman–Crippen LogP) is 2.83. The largest absolute Gasteiger partial charge is 0.459 e. The van der Waals surface area contributed by atoms with Gasteiger partial charge in [-0.15, -0.1) is 0 Å². The molecule has 0 radical (unpaired) electrons. The van der Waals surface area contributed by atoms with Gasteiger partial charge in [-0.25, -0.2) is 8.42 Å². The van der Waals surface area contributed by atoms with E-state index in [2.05, 4.69) is 4.72 Å². The Morgan fingerprint density at radius 3 is 2.25 bits per heavy atom. The number of nitrogens with zero attached hydrogens (tertiary/aromatic N) is 1. The van der Waals surface area contributed by atoms with Crippen LogP contribution in [0.25, 0.3) is 0 Å². The van der Waals surface area contributed by atoms with Crippen LogP contribution in [0.4, 0.5) is 5.69 Å². The summed E-state index contributed by atoms with van der Waals surface area (Å²) in [6.45, 7) is 5.00. The summed E-state index contributed by atoms with van der Waals surface area (Å²) in [7, 11) is -4.35. The number of esters is 1. The smallest absolute Gasteiger partial charge is 0.325 e. The summed E-state index contributed by atoms with van der Waals surface area (Å²) in [4.78, 5) is 22.5. The number of benzene rings is 2. The number of nitrogens with one attached hydrogen (secondary N) is 1. The third-order valence-corrected chi connectivity index (χ3v) is 5.14. The van der Waals surface area contributed by atoms with Crippen LogP contribution in [0, 0.1) is 10.1 Å². The lowest BCUT2D eigenvalue weighted by Gasteiger charge is -2.24. The van der Waals surface area contributed by atoms with Crippen LogP contribution in [0.5, 0.6) is 0 Å². The fourth-order valence-electron chi connectivity index (χ4n) is 2.48. The first kappa shape index (κ1) is 21.5. The van der Waals surface area contributed by atoms with Gasteiger partial charge in [0.1, 0.15) is 11.6 Å². The minimum atomic E-state index is -4.35. The number of nitro groups is 1.